The second kappa shape index (κ2) is 8.93. The van der Waals surface area contributed by atoms with Gasteiger partial charge in [-0.3, -0.25) is 4.79 Å². The van der Waals surface area contributed by atoms with E-state index in [1.807, 2.05) is 11.6 Å². The summed E-state index contributed by atoms with van der Waals surface area (Å²) in [6, 6.07) is 0. The van der Waals surface area contributed by atoms with E-state index in [4.69, 9.17) is 0 Å². The molecule has 0 unspecified atom stereocenters. The SMILES string of the molecule is C=CCCCCCC(=O)NOC(=O)N=C. The fourth-order valence-corrected chi connectivity index (χ4v) is 0.935. The maximum atomic E-state index is 11.0. The lowest BCUT2D eigenvalue weighted by molar-refractivity contribution is -0.129. The molecule has 0 aliphatic rings. The average Bonchev–Trinajstić information content (AvgIpc) is 2.25. The zero-order valence-electron chi connectivity index (χ0n) is 8.70. The van der Waals surface area contributed by atoms with Crippen LogP contribution in [0.5, 0.6) is 0 Å². The summed E-state index contributed by atoms with van der Waals surface area (Å²) in [6.45, 7) is 6.55. The predicted octanol–water partition coefficient (Wildman–Crippen LogP) is 1.99. The number of unbranched alkanes of at least 4 members (excludes halogenated alkanes) is 3. The minimum absolute atomic E-state index is 0.328. The quantitative estimate of drug-likeness (QED) is 0.317. The monoisotopic (exact) mass is 212 g/mol. The molecular formula is C10H16N2O3. The van der Waals surface area contributed by atoms with Gasteiger partial charge >= 0.3 is 6.09 Å². The fraction of sp³-hybridized carbons (Fsp3) is 0.500. The molecule has 0 heterocycles. The van der Waals surface area contributed by atoms with Crippen molar-refractivity contribution in [1.29, 1.82) is 0 Å². The van der Waals surface area contributed by atoms with Crippen molar-refractivity contribution in [3.8, 4) is 0 Å². The summed E-state index contributed by atoms with van der Waals surface area (Å²) in [6.07, 6.45) is 4.96. The van der Waals surface area contributed by atoms with Crippen molar-refractivity contribution in [1.82, 2.24) is 5.48 Å². The second-order valence-electron chi connectivity index (χ2n) is 2.94. The third kappa shape index (κ3) is 8.67. The normalized spacial score (nSPS) is 9.07. The fourth-order valence-electron chi connectivity index (χ4n) is 0.935. The number of nitrogens with zero attached hydrogens (tertiary/aromatic N) is 1. The predicted molar refractivity (Wildman–Crippen MR) is 57.5 cm³/mol. The zero-order valence-corrected chi connectivity index (χ0v) is 8.70. The highest BCUT2D eigenvalue weighted by molar-refractivity contribution is 5.78. The molecule has 0 radical (unpaired) electrons. The van der Waals surface area contributed by atoms with Gasteiger partial charge in [0, 0.05) is 6.42 Å². The molecule has 0 spiro atoms. The molecule has 15 heavy (non-hydrogen) atoms. The van der Waals surface area contributed by atoms with Gasteiger partial charge in [-0.1, -0.05) is 12.5 Å². The molecule has 1 N–H and O–H groups in total. The van der Waals surface area contributed by atoms with Gasteiger partial charge in [-0.05, 0) is 26.0 Å². The molecule has 0 atom stereocenters. The molecule has 0 aromatic rings. The standard InChI is InChI=1S/C10H16N2O3/c1-3-4-5-6-7-8-9(13)12-15-10(14)11-2/h3H,1-2,4-8H2,(H,12,13). The van der Waals surface area contributed by atoms with Crippen LogP contribution in [0.2, 0.25) is 0 Å². The lowest BCUT2D eigenvalue weighted by Gasteiger charge is -2.02. The van der Waals surface area contributed by atoms with Crippen LogP contribution in [-0.4, -0.2) is 18.7 Å². The molecule has 0 rings (SSSR count). The Labute approximate surface area is 89.2 Å². The molecule has 0 aliphatic carbocycles. The number of carbonyl (C=O) groups is 2. The minimum Gasteiger partial charge on any atom is -0.320 e. The van der Waals surface area contributed by atoms with Gasteiger partial charge in [0.1, 0.15) is 0 Å². The first-order chi connectivity index (χ1) is 7.20. The summed E-state index contributed by atoms with van der Waals surface area (Å²) in [4.78, 5) is 28.7. The van der Waals surface area contributed by atoms with Crippen LogP contribution in [0.3, 0.4) is 0 Å². The van der Waals surface area contributed by atoms with Gasteiger partial charge in [-0.15, -0.1) is 6.58 Å². The molecule has 5 nitrogen and oxygen atoms in total. The Morgan fingerprint density at radius 2 is 2.07 bits per heavy atom. The Balaban J connectivity index is 3.37. The van der Waals surface area contributed by atoms with E-state index in [0.717, 1.165) is 25.7 Å². The van der Waals surface area contributed by atoms with Crippen LogP contribution in [-0.2, 0) is 9.63 Å². The number of amides is 2. The summed E-state index contributed by atoms with van der Waals surface area (Å²) >= 11 is 0. The summed E-state index contributed by atoms with van der Waals surface area (Å²) in [5.74, 6) is -0.328. The van der Waals surface area contributed by atoms with E-state index < -0.39 is 6.09 Å². The van der Waals surface area contributed by atoms with Crippen molar-refractivity contribution in [2.75, 3.05) is 0 Å². The molecule has 0 aromatic heterocycles. The number of hydrogen-bond acceptors (Lipinski definition) is 3. The smallest absolute Gasteiger partial charge is 0.320 e. The van der Waals surface area contributed by atoms with Crippen LogP contribution in [0.4, 0.5) is 4.79 Å². The van der Waals surface area contributed by atoms with Gasteiger partial charge in [-0.2, -0.15) is 10.5 Å². The van der Waals surface area contributed by atoms with E-state index in [1.165, 1.54) is 0 Å². The Morgan fingerprint density at radius 3 is 2.67 bits per heavy atom. The molecule has 0 aromatic carbocycles. The zero-order chi connectivity index (χ0) is 11.5. The molecule has 0 saturated heterocycles. The number of carbonyl (C=O) groups excluding carboxylic acids is 2. The van der Waals surface area contributed by atoms with Crippen LogP contribution in [0.1, 0.15) is 32.1 Å². The molecule has 0 fully saturated rings. The van der Waals surface area contributed by atoms with Crippen molar-refractivity contribution in [3.63, 3.8) is 0 Å². The van der Waals surface area contributed by atoms with Crippen molar-refractivity contribution in [2.45, 2.75) is 32.1 Å². The van der Waals surface area contributed by atoms with E-state index in [9.17, 15) is 9.59 Å². The first-order valence-corrected chi connectivity index (χ1v) is 4.78. The van der Waals surface area contributed by atoms with Crippen LogP contribution in [0.25, 0.3) is 0 Å². The maximum absolute atomic E-state index is 11.0. The van der Waals surface area contributed by atoms with Gasteiger partial charge in [-0.25, -0.2) is 4.79 Å². The number of allylic oxidation sites excluding steroid dienone is 1. The Bertz CT molecular complexity index is 239. The van der Waals surface area contributed by atoms with E-state index in [-0.39, 0.29) is 5.91 Å². The number of hydrogen-bond donors (Lipinski definition) is 1. The molecule has 0 saturated carbocycles. The third-order valence-electron chi connectivity index (χ3n) is 1.69. The van der Waals surface area contributed by atoms with E-state index in [1.54, 1.807) is 0 Å². The number of hydroxylamine groups is 1. The van der Waals surface area contributed by atoms with Gasteiger partial charge < -0.3 is 4.84 Å². The van der Waals surface area contributed by atoms with Crippen LogP contribution >= 0.6 is 0 Å². The number of rotatable bonds is 6. The average molecular weight is 212 g/mol. The van der Waals surface area contributed by atoms with Crippen molar-refractivity contribution < 1.29 is 14.4 Å². The van der Waals surface area contributed by atoms with E-state index in [0.29, 0.717) is 6.42 Å². The molecule has 84 valence electrons. The maximum Gasteiger partial charge on any atom is 0.457 e. The summed E-state index contributed by atoms with van der Waals surface area (Å²) in [7, 11) is 0. The van der Waals surface area contributed by atoms with E-state index >= 15 is 0 Å². The van der Waals surface area contributed by atoms with Gasteiger partial charge in [0.15, 0.2) is 0 Å². The third-order valence-corrected chi connectivity index (χ3v) is 1.69. The number of aliphatic imine (C=N–C) groups is 1. The molecule has 2 amide bonds. The Kier molecular flexibility index (Phi) is 7.94. The van der Waals surface area contributed by atoms with Crippen molar-refractivity contribution in [3.05, 3.63) is 12.7 Å². The van der Waals surface area contributed by atoms with Gasteiger partial charge in [0.05, 0.1) is 0 Å². The van der Waals surface area contributed by atoms with Gasteiger partial charge in [0.2, 0.25) is 0 Å². The largest absolute Gasteiger partial charge is 0.457 e. The highest BCUT2D eigenvalue weighted by Crippen LogP contribution is 2.02. The highest BCUT2D eigenvalue weighted by atomic mass is 16.7. The van der Waals surface area contributed by atoms with E-state index in [2.05, 4.69) is 23.1 Å². The Hall–Kier alpha value is -1.65. The van der Waals surface area contributed by atoms with Crippen molar-refractivity contribution in [2.24, 2.45) is 4.99 Å². The minimum atomic E-state index is -0.907. The van der Waals surface area contributed by atoms with Gasteiger partial charge in [0.25, 0.3) is 5.91 Å². The summed E-state index contributed by atoms with van der Waals surface area (Å²) in [5, 5.41) is 0. The second-order valence-corrected chi connectivity index (χ2v) is 2.94. The molecule has 0 aliphatic heterocycles. The lowest BCUT2D eigenvalue weighted by atomic mass is 10.1. The topological polar surface area (TPSA) is 67.8 Å². The van der Waals surface area contributed by atoms with Crippen LogP contribution in [0.15, 0.2) is 17.6 Å². The molecule has 0 bridgehead atoms. The summed E-state index contributed by atoms with van der Waals surface area (Å²) in [5.41, 5.74) is 1.98. The highest BCUT2D eigenvalue weighted by Gasteiger charge is 2.03. The van der Waals surface area contributed by atoms with Crippen LogP contribution < -0.4 is 5.48 Å². The van der Waals surface area contributed by atoms with Crippen LogP contribution in [0, 0.1) is 0 Å². The van der Waals surface area contributed by atoms with Crippen molar-refractivity contribution >= 4 is 18.7 Å². The Morgan fingerprint density at radius 1 is 1.33 bits per heavy atom. The molecule has 5 heteroatoms. The first kappa shape index (κ1) is 13.4. The number of nitrogens with one attached hydrogen (secondary N) is 1. The summed E-state index contributed by atoms with van der Waals surface area (Å²) < 4.78 is 0. The first-order valence-electron chi connectivity index (χ1n) is 4.78. The molecular weight excluding hydrogens is 196 g/mol. The lowest BCUT2D eigenvalue weighted by Crippen LogP contribution is -2.25.